The van der Waals surface area contributed by atoms with Crippen LogP contribution in [0.1, 0.15) is 5.56 Å². The number of thioether (sulfide) groups is 1. The number of hydrogen-bond donors (Lipinski definition) is 2. The van der Waals surface area contributed by atoms with Crippen LogP contribution < -0.4 is 11.1 Å². The number of hydrogen-bond acceptors (Lipinski definition) is 4. The number of nitrogen functional groups attached to an aromatic ring is 1. The number of carbonyl (C=O) groups is 1. The molecule has 104 valence electrons. The third-order valence-corrected chi connectivity index (χ3v) is 4.19. The summed E-state index contributed by atoms with van der Waals surface area (Å²) < 4.78 is 1.15. The minimum atomic E-state index is -0.0436. The van der Waals surface area contributed by atoms with Gasteiger partial charge in [-0.05, 0) is 65.4 Å². The maximum Gasteiger partial charge on any atom is 0.234 e. The molecule has 0 bridgehead atoms. The van der Waals surface area contributed by atoms with Gasteiger partial charge in [0.25, 0.3) is 0 Å². The second-order valence-electron chi connectivity index (χ2n) is 4.23. The Balaban J connectivity index is 1.90. The number of halogens is 1. The second-order valence-corrected chi connectivity index (χ2v) is 6.47. The molecule has 0 aliphatic carbocycles. The van der Waals surface area contributed by atoms with Crippen LogP contribution in [0.25, 0.3) is 0 Å². The summed E-state index contributed by atoms with van der Waals surface area (Å²) in [7, 11) is 0. The molecule has 3 N–H and O–H groups in total. The van der Waals surface area contributed by atoms with Crippen LogP contribution >= 0.6 is 34.4 Å². The van der Waals surface area contributed by atoms with Crippen LogP contribution in [-0.2, 0) is 4.79 Å². The Hall–Kier alpha value is -1.28. The van der Waals surface area contributed by atoms with Gasteiger partial charge in [0.1, 0.15) is 0 Å². The molecule has 1 heterocycles. The van der Waals surface area contributed by atoms with Gasteiger partial charge < -0.3 is 11.1 Å². The summed E-state index contributed by atoms with van der Waals surface area (Å²) >= 11 is 3.63. The Kier molecular flexibility index (Phi) is 5.24. The molecule has 0 atom stereocenters. The van der Waals surface area contributed by atoms with Crippen molar-refractivity contribution >= 4 is 51.6 Å². The van der Waals surface area contributed by atoms with E-state index in [1.807, 2.05) is 31.2 Å². The molecule has 6 heteroatoms. The highest BCUT2D eigenvalue weighted by molar-refractivity contribution is 14.1. The van der Waals surface area contributed by atoms with Gasteiger partial charge in [-0.15, -0.1) is 0 Å². The molecule has 0 aliphatic heterocycles. The van der Waals surface area contributed by atoms with E-state index in [1.54, 1.807) is 12.3 Å². The van der Waals surface area contributed by atoms with Crippen LogP contribution in [0.4, 0.5) is 11.4 Å². The van der Waals surface area contributed by atoms with E-state index in [0.717, 1.165) is 19.8 Å². The van der Waals surface area contributed by atoms with Crippen molar-refractivity contribution in [3.63, 3.8) is 0 Å². The lowest BCUT2D eigenvalue weighted by Gasteiger charge is -2.08. The average Bonchev–Trinajstić information content (AvgIpc) is 2.41. The van der Waals surface area contributed by atoms with E-state index in [2.05, 4.69) is 32.9 Å². The number of nitrogens with two attached hydrogens (primary N) is 1. The molecule has 20 heavy (non-hydrogen) atoms. The van der Waals surface area contributed by atoms with Crippen LogP contribution in [0, 0.1) is 10.5 Å². The average molecular weight is 399 g/mol. The predicted molar refractivity (Wildman–Crippen MR) is 91.9 cm³/mol. The van der Waals surface area contributed by atoms with Crippen molar-refractivity contribution in [1.82, 2.24) is 4.98 Å². The molecule has 0 radical (unpaired) electrons. The molecule has 2 rings (SSSR count). The van der Waals surface area contributed by atoms with Crippen LogP contribution in [0.3, 0.4) is 0 Å². The fourth-order valence-corrected chi connectivity index (χ4v) is 2.86. The molecule has 0 spiro atoms. The van der Waals surface area contributed by atoms with Crippen molar-refractivity contribution in [2.45, 2.75) is 11.9 Å². The minimum Gasteiger partial charge on any atom is -0.397 e. The summed E-state index contributed by atoms with van der Waals surface area (Å²) in [5, 5.41) is 3.69. The third kappa shape index (κ3) is 4.38. The molecule has 1 aromatic carbocycles. The summed E-state index contributed by atoms with van der Waals surface area (Å²) in [5.74, 6) is 0.278. The standard InChI is InChI=1S/C14H14IN3OS/c1-9-6-10(15)2-4-12(9)18-13(19)8-20-14-5-3-11(16)7-17-14/h2-7H,8,16H2,1H3,(H,18,19). The summed E-state index contributed by atoms with van der Waals surface area (Å²) in [6, 6.07) is 9.50. The largest absolute Gasteiger partial charge is 0.397 e. The highest BCUT2D eigenvalue weighted by atomic mass is 127. The zero-order valence-corrected chi connectivity index (χ0v) is 13.9. The lowest BCUT2D eigenvalue weighted by Crippen LogP contribution is -2.15. The first kappa shape index (κ1) is 15.1. The number of aromatic nitrogens is 1. The number of benzene rings is 1. The molecule has 2 aromatic rings. The number of nitrogens with one attached hydrogen (secondary N) is 1. The van der Waals surface area contributed by atoms with Gasteiger partial charge in [0, 0.05) is 9.26 Å². The first-order valence-electron chi connectivity index (χ1n) is 5.95. The molecular weight excluding hydrogens is 385 g/mol. The Bertz CT molecular complexity index is 616. The number of carbonyl (C=O) groups excluding carboxylic acids is 1. The number of rotatable bonds is 4. The van der Waals surface area contributed by atoms with Crippen molar-refractivity contribution in [2.75, 3.05) is 16.8 Å². The number of amides is 1. The van der Waals surface area contributed by atoms with Crippen molar-refractivity contribution in [3.05, 3.63) is 45.7 Å². The van der Waals surface area contributed by atoms with Crippen molar-refractivity contribution in [1.29, 1.82) is 0 Å². The quantitative estimate of drug-likeness (QED) is 0.612. The minimum absolute atomic E-state index is 0.0436. The summed E-state index contributed by atoms with van der Waals surface area (Å²) in [5.41, 5.74) is 8.09. The smallest absolute Gasteiger partial charge is 0.234 e. The summed E-state index contributed by atoms with van der Waals surface area (Å²) in [4.78, 5) is 16.0. The Morgan fingerprint density at radius 2 is 2.20 bits per heavy atom. The molecule has 0 aliphatic rings. The molecular formula is C14H14IN3OS. The van der Waals surface area contributed by atoms with Crippen LogP contribution in [-0.4, -0.2) is 16.6 Å². The lowest BCUT2D eigenvalue weighted by atomic mass is 10.2. The SMILES string of the molecule is Cc1cc(I)ccc1NC(=O)CSc1ccc(N)cn1. The fourth-order valence-electron chi connectivity index (χ4n) is 1.57. The van der Waals surface area contributed by atoms with Crippen molar-refractivity contribution in [2.24, 2.45) is 0 Å². The molecule has 0 unspecified atom stereocenters. The highest BCUT2D eigenvalue weighted by Crippen LogP contribution is 2.19. The van der Waals surface area contributed by atoms with E-state index < -0.39 is 0 Å². The van der Waals surface area contributed by atoms with Gasteiger partial charge in [0.05, 0.1) is 22.7 Å². The normalized spacial score (nSPS) is 10.3. The van der Waals surface area contributed by atoms with Gasteiger partial charge in [-0.1, -0.05) is 11.8 Å². The predicted octanol–water partition coefficient (Wildman–Crippen LogP) is 3.31. The number of nitrogens with zero attached hydrogens (tertiary/aromatic N) is 1. The van der Waals surface area contributed by atoms with E-state index in [1.165, 1.54) is 11.8 Å². The van der Waals surface area contributed by atoms with Crippen LogP contribution in [0.2, 0.25) is 0 Å². The highest BCUT2D eigenvalue weighted by Gasteiger charge is 2.06. The molecule has 0 fully saturated rings. The van der Waals surface area contributed by atoms with E-state index in [-0.39, 0.29) is 5.91 Å². The number of pyridine rings is 1. The molecule has 0 saturated carbocycles. The first-order valence-corrected chi connectivity index (χ1v) is 8.01. The third-order valence-electron chi connectivity index (χ3n) is 2.57. The van der Waals surface area contributed by atoms with Crippen LogP contribution in [0.15, 0.2) is 41.6 Å². The van der Waals surface area contributed by atoms with E-state index >= 15 is 0 Å². The van der Waals surface area contributed by atoms with E-state index in [4.69, 9.17) is 5.73 Å². The van der Waals surface area contributed by atoms with Gasteiger partial charge in [-0.25, -0.2) is 4.98 Å². The lowest BCUT2D eigenvalue weighted by molar-refractivity contribution is -0.113. The van der Waals surface area contributed by atoms with Gasteiger partial charge in [-0.3, -0.25) is 4.79 Å². The van der Waals surface area contributed by atoms with Crippen molar-refractivity contribution in [3.8, 4) is 0 Å². The summed E-state index contributed by atoms with van der Waals surface area (Å²) in [6.45, 7) is 1.98. The Morgan fingerprint density at radius 3 is 2.85 bits per heavy atom. The maximum atomic E-state index is 11.9. The van der Waals surface area contributed by atoms with E-state index in [0.29, 0.717) is 11.4 Å². The molecule has 0 saturated heterocycles. The zero-order chi connectivity index (χ0) is 14.5. The van der Waals surface area contributed by atoms with Gasteiger partial charge in [0.2, 0.25) is 5.91 Å². The van der Waals surface area contributed by atoms with Gasteiger partial charge >= 0.3 is 0 Å². The molecule has 1 aromatic heterocycles. The Morgan fingerprint density at radius 1 is 1.40 bits per heavy atom. The van der Waals surface area contributed by atoms with Gasteiger partial charge in [-0.2, -0.15) is 0 Å². The Labute approximate surface area is 135 Å². The monoisotopic (exact) mass is 399 g/mol. The zero-order valence-electron chi connectivity index (χ0n) is 10.9. The first-order chi connectivity index (χ1) is 9.54. The number of anilines is 2. The maximum absolute atomic E-state index is 11.9. The topological polar surface area (TPSA) is 68.0 Å². The number of aryl methyl sites for hydroxylation is 1. The van der Waals surface area contributed by atoms with Crippen LogP contribution in [0.5, 0.6) is 0 Å². The van der Waals surface area contributed by atoms with Gasteiger partial charge in [0.15, 0.2) is 0 Å². The van der Waals surface area contributed by atoms with Crippen molar-refractivity contribution < 1.29 is 4.79 Å². The van der Waals surface area contributed by atoms with E-state index in [9.17, 15) is 4.79 Å². The summed E-state index contributed by atoms with van der Waals surface area (Å²) in [6.07, 6.45) is 1.59. The second kappa shape index (κ2) is 6.94. The molecule has 1 amide bonds. The fraction of sp³-hybridized carbons (Fsp3) is 0.143. The molecule has 4 nitrogen and oxygen atoms in total.